The van der Waals surface area contributed by atoms with E-state index in [4.69, 9.17) is 9.73 Å². The van der Waals surface area contributed by atoms with E-state index in [9.17, 15) is 4.39 Å². The van der Waals surface area contributed by atoms with E-state index in [1.807, 2.05) is 36.4 Å². The van der Waals surface area contributed by atoms with Gasteiger partial charge in [0.15, 0.2) is 5.96 Å². The average molecular weight is 439 g/mol. The molecule has 1 unspecified atom stereocenters. The average Bonchev–Trinajstić information content (AvgIpc) is 3.24. The molecule has 2 heterocycles. The van der Waals surface area contributed by atoms with Gasteiger partial charge in [-0.2, -0.15) is 0 Å². The first kappa shape index (κ1) is 22.2. The first-order valence-corrected chi connectivity index (χ1v) is 11.3. The van der Waals surface area contributed by atoms with Gasteiger partial charge in [0, 0.05) is 32.6 Å². The van der Waals surface area contributed by atoms with Crippen LogP contribution in [0.25, 0.3) is 11.0 Å². The molecule has 7 nitrogen and oxygen atoms in total. The molecule has 1 fully saturated rings. The third-order valence-corrected chi connectivity index (χ3v) is 5.60. The number of imidazole rings is 1. The third-order valence-electron chi connectivity index (χ3n) is 5.60. The Morgan fingerprint density at radius 2 is 1.94 bits per heavy atom. The number of aliphatic imine (C=N–C) groups is 1. The molecule has 3 aromatic rings. The minimum atomic E-state index is -0.224. The molecule has 0 saturated carbocycles. The maximum absolute atomic E-state index is 13.5. The van der Waals surface area contributed by atoms with Gasteiger partial charge in [0.2, 0.25) is 0 Å². The number of para-hydroxylation sites is 2. The van der Waals surface area contributed by atoms with Gasteiger partial charge in [0.25, 0.3) is 0 Å². The van der Waals surface area contributed by atoms with Crippen molar-refractivity contribution in [2.45, 2.75) is 19.4 Å². The zero-order chi connectivity index (χ0) is 22.2. The van der Waals surface area contributed by atoms with Crippen LogP contribution < -0.4 is 10.6 Å². The Morgan fingerprint density at radius 1 is 1.16 bits per heavy atom. The van der Waals surface area contributed by atoms with E-state index >= 15 is 0 Å². The fraction of sp³-hybridized carbons (Fsp3) is 0.417. The lowest BCUT2D eigenvalue weighted by molar-refractivity contribution is 0.0179. The van der Waals surface area contributed by atoms with Crippen LogP contribution in [-0.2, 0) is 11.2 Å². The van der Waals surface area contributed by atoms with E-state index < -0.39 is 0 Å². The maximum Gasteiger partial charge on any atom is 0.191 e. The van der Waals surface area contributed by atoms with Crippen LogP contribution in [0.1, 0.15) is 24.4 Å². The number of fused-ring (bicyclic) bond motifs is 1. The number of hydrogen-bond acceptors (Lipinski definition) is 4. The summed E-state index contributed by atoms with van der Waals surface area (Å²) < 4.78 is 19.0. The van der Waals surface area contributed by atoms with Gasteiger partial charge in [-0.3, -0.25) is 9.89 Å². The highest BCUT2D eigenvalue weighted by Gasteiger charge is 2.22. The summed E-state index contributed by atoms with van der Waals surface area (Å²) >= 11 is 0. The Hall–Kier alpha value is -2.97. The molecular formula is C24H31FN6O. The monoisotopic (exact) mass is 438 g/mol. The first-order chi connectivity index (χ1) is 15.7. The lowest BCUT2D eigenvalue weighted by atomic mass is 10.0. The smallest absolute Gasteiger partial charge is 0.191 e. The van der Waals surface area contributed by atoms with Crippen LogP contribution in [0, 0.1) is 5.82 Å². The molecule has 8 heteroatoms. The molecule has 3 N–H and O–H groups in total. The van der Waals surface area contributed by atoms with E-state index in [1.165, 1.54) is 12.1 Å². The molecule has 1 saturated heterocycles. The topological polar surface area (TPSA) is 77.6 Å². The van der Waals surface area contributed by atoms with Gasteiger partial charge in [-0.25, -0.2) is 9.37 Å². The minimum absolute atomic E-state index is 0.0744. The number of aromatic nitrogens is 2. The molecule has 4 rings (SSSR count). The van der Waals surface area contributed by atoms with Gasteiger partial charge in [-0.05, 0) is 36.8 Å². The Morgan fingerprint density at radius 3 is 2.69 bits per heavy atom. The van der Waals surface area contributed by atoms with Gasteiger partial charge in [0.05, 0.1) is 36.8 Å². The summed E-state index contributed by atoms with van der Waals surface area (Å²) in [6.07, 6.45) is 0.768. The highest BCUT2D eigenvalue weighted by molar-refractivity contribution is 5.79. The molecule has 2 aromatic carbocycles. The second kappa shape index (κ2) is 11.1. The highest BCUT2D eigenvalue weighted by Crippen LogP contribution is 2.22. The number of H-pyrrole nitrogens is 1. The number of ether oxygens (including phenoxy) is 1. The molecule has 1 aliphatic rings. The van der Waals surface area contributed by atoms with Crippen molar-refractivity contribution in [2.75, 3.05) is 45.9 Å². The minimum Gasteiger partial charge on any atom is -0.379 e. The predicted octanol–water partition coefficient (Wildman–Crippen LogP) is 2.87. The summed E-state index contributed by atoms with van der Waals surface area (Å²) in [4.78, 5) is 15.2. The van der Waals surface area contributed by atoms with Crippen LogP contribution in [-0.4, -0.2) is 66.8 Å². The Kier molecular flexibility index (Phi) is 7.68. The first-order valence-electron chi connectivity index (χ1n) is 11.3. The fourth-order valence-corrected chi connectivity index (χ4v) is 3.95. The van der Waals surface area contributed by atoms with Crippen molar-refractivity contribution in [1.82, 2.24) is 25.5 Å². The van der Waals surface area contributed by atoms with Crippen molar-refractivity contribution >= 4 is 17.0 Å². The van der Waals surface area contributed by atoms with Crippen LogP contribution in [0.15, 0.2) is 53.5 Å². The van der Waals surface area contributed by atoms with E-state index in [-0.39, 0.29) is 11.9 Å². The SMILES string of the molecule is CCNC(=NCC(c1ccc(F)cc1)N1CCOCC1)NCCc1nc2ccccc2[nH]1. The number of morpholine rings is 1. The van der Waals surface area contributed by atoms with Gasteiger partial charge >= 0.3 is 0 Å². The van der Waals surface area contributed by atoms with Crippen LogP contribution >= 0.6 is 0 Å². The second-order valence-electron chi connectivity index (χ2n) is 7.81. The third kappa shape index (κ3) is 5.83. The largest absolute Gasteiger partial charge is 0.379 e. The van der Waals surface area contributed by atoms with E-state index in [0.29, 0.717) is 26.3 Å². The number of aromatic amines is 1. The summed E-state index contributed by atoms with van der Waals surface area (Å²) in [6, 6.07) is 14.9. The zero-order valence-electron chi connectivity index (χ0n) is 18.5. The molecule has 32 heavy (non-hydrogen) atoms. The van der Waals surface area contributed by atoms with Gasteiger partial charge in [-0.1, -0.05) is 24.3 Å². The zero-order valence-corrected chi connectivity index (χ0v) is 18.5. The van der Waals surface area contributed by atoms with Gasteiger partial charge in [-0.15, -0.1) is 0 Å². The van der Waals surface area contributed by atoms with Crippen molar-refractivity contribution in [3.8, 4) is 0 Å². The van der Waals surface area contributed by atoms with Crippen molar-refractivity contribution in [1.29, 1.82) is 0 Å². The summed E-state index contributed by atoms with van der Waals surface area (Å²) in [5, 5.41) is 6.73. The van der Waals surface area contributed by atoms with Gasteiger partial charge in [0.1, 0.15) is 11.6 Å². The van der Waals surface area contributed by atoms with E-state index in [2.05, 4.69) is 32.4 Å². The summed E-state index contributed by atoms with van der Waals surface area (Å²) in [7, 11) is 0. The van der Waals surface area contributed by atoms with Crippen molar-refractivity contribution in [2.24, 2.45) is 4.99 Å². The standard InChI is InChI=1S/C24H31FN6O/c1-2-26-24(27-12-11-23-29-20-5-3-4-6-21(20)30-23)28-17-22(31-13-15-32-16-14-31)18-7-9-19(25)10-8-18/h3-10,22H,2,11-17H2,1H3,(H,29,30)(H2,26,27,28). The number of benzene rings is 2. The molecule has 0 radical (unpaired) electrons. The number of halogens is 1. The molecule has 1 aromatic heterocycles. The Bertz CT molecular complexity index is 980. The van der Waals surface area contributed by atoms with Crippen LogP contribution in [0.2, 0.25) is 0 Å². The molecule has 1 aliphatic heterocycles. The quantitative estimate of drug-likeness (QED) is 0.372. The van der Waals surface area contributed by atoms with E-state index in [1.54, 1.807) is 0 Å². The molecule has 0 amide bonds. The summed E-state index contributed by atoms with van der Waals surface area (Å²) in [6.45, 7) is 7.21. The van der Waals surface area contributed by atoms with Crippen molar-refractivity contribution in [3.63, 3.8) is 0 Å². The lowest BCUT2D eigenvalue weighted by Gasteiger charge is -2.34. The van der Waals surface area contributed by atoms with Gasteiger partial charge < -0.3 is 20.4 Å². The number of rotatable bonds is 8. The molecule has 0 spiro atoms. The number of nitrogens with zero attached hydrogens (tertiary/aromatic N) is 3. The van der Waals surface area contributed by atoms with Crippen LogP contribution in [0.3, 0.4) is 0 Å². The number of hydrogen-bond donors (Lipinski definition) is 3. The number of guanidine groups is 1. The van der Waals surface area contributed by atoms with E-state index in [0.717, 1.165) is 54.4 Å². The summed E-state index contributed by atoms with van der Waals surface area (Å²) in [5.74, 6) is 1.50. The molecule has 0 aliphatic carbocycles. The summed E-state index contributed by atoms with van der Waals surface area (Å²) in [5.41, 5.74) is 3.10. The van der Waals surface area contributed by atoms with Crippen molar-refractivity contribution < 1.29 is 9.13 Å². The van der Waals surface area contributed by atoms with Crippen molar-refractivity contribution in [3.05, 3.63) is 65.7 Å². The second-order valence-corrected chi connectivity index (χ2v) is 7.81. The molecule has 170 valence electrons. The number of nitrogens with one attached hydrogen (secondary N) is 3. The normalized spacial score (nSPS) is 16.2. The molecular weight excluding hydrogens is 407 g/mol. The fourth-order valence-electron chi connectivity index (χ4n) is 3.95. The highest BCUT2D eigenvalue weighted by atomic mass is 19.1. The Labute approximate surface area is 188 Å². The molecule has 1 atom stereocenters. The maximum atomic E-state index is 13.5. The lowest BCUT2D eigenvalue weighted by Crippen LogP contribution is -2.42. The Balaban J connectivity index is 1.41. The predicted molar refractivity (Wildman–Crippen MR) is 125 cm³/mol. The van der Waals surface area contributed by atoms with Crippen LogP contribution in [0.5, 0.6) is 0 Å². The molecule has 0 bridgehead atoms. The van der Waals surface area contributed by atoms with Crippen LogP contribution in [0.4, 0.5) is 4.39 Å².